The number of nitrogens with zero attached hydrogens (tertiary/aromatic N) is 3. The minimum absolute atomic E-state index is 0.0917. The van der Waals surface area contributed by atoms with Crippen LogP contribution in [0.4, 0.5) is 4.79 Å². The first-order valence-corrected chi connectivity index (χ1v) is 8.48. The third-order valence-electron chi connectivity index (χ3n) is 4.73. The van der Waals surface area contributed by atoms with Crippen LogP contribution in [0.2, 0.25) is 0 Å². The van der Waals surface area contributed by atoms with Crippen molar-refractivity contribution in [3.63, 3.8) is 0 Å². The van der Waals surface area contributed by atoms with Crippen LogP contribution in [0.15, 0.2) is 0 Å². The van der Waals surface area contributed by atoms with Gasteiger partial charge in [0.15, 0.2) is 0 Å². The Morgan fingerprint density at radius 2 is 2.18 bits per heavy atom. The molecule has 2 heterocycles. The molecule has 6 nitrogen and oxygen atoms in total. The Labute approximate surface area is 134 Å². The maximum Gasteiger partial charge on any atom is 0.317 e. The SMILES string of the molecule is C[C@H](CNC(=O)N1CC[C@@H](CN(C)C)C1)N1CCOC[C@@H]1C. The fourth-order valence-electron chi connectivity index (χ4n) is 3.54. The van der Waals surface area contributed by atoms with Gasteiger partial charge in [-0.05, 0) is 40.3 Å². The summed E-state index contributed by atoms with van der Waals surface area (Å²) in [7, 11) is 4.18. The maximum absolute atomic E-state index is 12.3. The van der Waals surface area contributed by atoms with Crippen LogP contribution in [0, 0.1) is 5.92 Å². The minimum atomic E-state index is 0.0917. The van der Waals surface area contributed by atoms with Gasteiger partial charge in [0.2, 0.25) is 0 Å². The van der Waals surface area contributed by atoms with E-state index in [0.29, 0.717) is 24.5 Å². The molecule has 2 aliphatic heterocycles. The van der Waals surface area contributed by atoms with Gasteiger partial charge < -0.3 is 19.9 Å². The van der Waals surface area contributed by atoms with Gasteiger partial charge in [-0.25, -0.2) is 4.79 Å². The second-order valence-corrected chi connectivity index (χ2v) is 7.06. The molecule has 0 radical (unpaired) electrons. The number of amides is 2. The molecule has 0 aromatic rings. The highest BCUT2D eigenvalue weighted by molar-refractivity contribution is 5.74. The quantitative estimate of drug-likeness (QED) is 0.811. The molecule has 0 unspecified atom stereocenters. The number of nitrogens with one attached hydrogen (secondary N) is 1. The molecule has 2 rings (SSSR count). The van der Waals surface area contributed by atoms with Crippen LogP contribution in [-0.4, -0.2) is 92.8 Å². The predicted octanol–water partition coefficient (Wildman–Crippen LogP) is 0.689. The van der Waals surface area contributed by atoms with Crippen molar-refractivity contribution in [1.82, 2.24) is 20.0 Å². The fourth-order valence-corrected chi connectivity index (χ4v) is 3.54. The lowest BCUT2D eigenvalue weighted by atomic mass is 10.1. The van der Waals surface area contributed by atoms with Crippen LogP contribution in [0.1, 0.15) is 20.3 Å². The lowest BCUT2D eigenvalue weighted by Gasteiger charge is -2.38. The van der Waals surface area contributed by atoms with Crippen molar-refractivity contribution in [2.45, 2.75) is 32.4 Å². The van der Waals surface area contributed by atoms with Gasteiger partial charge in [0.25, 0.3) is 0 Å². The van der Waals surface area contributed by atoms with E-state index in [1.165, 1.54) is 0 Å². The molecule has 1 N–H and O–H groups in total. The maximum atomic E-state index is 12.3. The summed E-state index contributed by atoms with van der Waals surface area (Å²) < 4.78 is 5.47. The Morgan fingerprint density at radius 3 is 2.86 bits per heavy atom. The van der Waals surface area contributed by atoms with Crippen LogP contribution in [0.25, 0.3) is 0 Å². The number of carbonyl (C=O) groups excluding carboxylic acids is 1. The number of rotatable bonds is 5. The molecule has 6 heteroatoms. The van der Waals surface area contributed by atoms with Crippen molar-refractivity contribution in [2.24, 2.45) is 5.92 Å². The summed E-state index contributed by atoms with van der Waals surface area (Å²) in [4.78, 5) is 18.9. The van der Waals surface area contributed by atoms with E-state index >= 15 is 0 Å². The van der Waals surface area contributed by atoms with Crippen molar-refractivity contribution in [1.29, 1.82) is 0 Å². The van der Waals surface area contributed by atoms with Crippen LogP contribution in [-0.2, 0) is 4.74 Å². The summed E-state index contributed by atoms with van der Waals surface area (Å²) in [6, 6.07) is 0.869. The number of hydrogen-bond donors (Lipinski definition) is 1. The molecular formula is C16H32N4O2. The molecule has 2 aliphatic rings. The van der Waals surface area contributed by atoms with Crippen molar-refractivity contribution in [3.05, 3.63) is 0 Å². The highest BCUT2D eigenvalue weighted by Crippen LogP contribution is 2.17. The Balaban J connectivity index is 1.71. The second-order valence-electron chi connectivity index (χ2n) is 7.06. The summed E-state index contributed by atoms with van der Waals surface area (Å²) >= 11 is 0. The van der Waals surface area contributed by atoms with E-state index in [1.807, 2.05) is 4.90 Å². The fraction of sp³-hybridized carbons (Fsp3) is 0.938. The summed E-state index contributed by atoms with van der Waals surface area (Å²) in [5.74, 6) is 0.609. The molecule has 22 heavy (non-hydrogen) atoms. The first-order chi connectivity index (χ1) is 10.5. The summed E-state index contributed by atoms with van der Waals surface area (Å²) in [5.41, 5.74) is 0. The van der Waals surface area contributed by atoms with E-state index in [4.69, 9.17) is 4.74 Å². The molecule has 0 spiro atoms. The number of hydrogen-bond acceptors (Lipinski definition) is 4. The Kier molecular flexibility index (Phi) is 6.47. The monoisotopic (exact) mass is 312 g/mol. The number of carbonyl (C=O) groups is 1. The first kappa shape index (κ1) is 17.5. The third kappa shape index (κ3) is 4.83. The molecular weight excluding hydrogens is 280 g/mol. The number of likely N-dealkylation sites (tertiary alicyclic amines) is 1. The van der Waals surface area contributed by atoms with Crippen LogP contribution < -0.4 is 5.32 Å². The Hall–Kier alpha value is -0.850. The molecule has 128 valence electrons. The highest BCUT2D eigenvalue weighted by atomic mass is 16.5. The largest absolute Gasteiger partial charge is 0.379 e. The zero-order chi connectivity index (χ0) is 16.1. The standard InChI is InChI=1S/C16H32N4O2/c1-13(20-7-8-22-12-14(20)2)9-17-16(21)19-6-5-15(11-19)10-18(3)4/h13-15H,5-12H2,1-4H3,(H,17,21)/t13-,14+,15+/m1/s1. The molecule has 2 amide bonds. The Morgan fingerprint density at radius 1 is 1.41 bits per heavy atom. The van der Waals surface area contributed by atoms with Crippen molar-refractivity contribution >= 4 is 6.03 Å². The molecule has 0 aromatic carbocycles. The summed E-state index contributed by atoms with van der Waals surface area (Å²) in [6.07, 6.45) is 1.11. The van der Waals surface area contributed by atoms with Gasteiger partial charge in [-0.3, -0.25) is 4.90 Å². The lowest BCUT2D eigenvalue weighted by Crippen LogP contribution is -2.53. The van der Waals surface area contributed by atoms with Gasteiger partial charge in [0, 0.05) is 44.8 Å². The summed E-state index contributed by atoms with van der Waals surface area (Å²) in [6.45, 7) is 10.4. The van der Waals surface area contributed by atoms with E-state index in [9.17, 15) is 4.79 Å². The average molecular weight is 312 g/mol. The van der Waals surface area contributed by atoms with Crippen LogP contribution in [0.3, 0.4) is 0 Å². The van der Waals surface area contributed by atoms with Gasteiger partial charge in [-0.15, -0.1) is 0 Å². The van der Waals surface area contributed by atoms with Gasteiger partial charge in [0.05, 0.1) is 13.2 Å². The van der Waals surface area contributed by atoms with E-state index in [2.05, 4.69) is 43.1 Å². The van der Waals surface area contributed by atoms with Crippen molar-refractivity contribution in [2.75, 3.05) is 60.0 Å². The van der Waals surface area contributed by atoms with E-state index in [0.717, 1.165) is 45.8 Å². The van der Waals surface area contributed by atoms with Gasteiger partial charge in [-0.2, -0.15) is 0 Å². The van der Waals surface area contributed by atoms with E-state index < -0.39 is 0 Å². The van der Waals surface area contributed by atoms with E-state index in [-0.39, 0.29) is 6.03 Å². The molecule has 3 atom stereocenters. The topological polar surface area (TPSA) is 48.1 Å². The summed E-state index contributed by atoms with van der Waals surface area (Å²) in [5, 5.41) is 3.11. The van der Waals surface area contributed by atoms with Crippen LogP contribution in [0.5, 0.6) is 0 Å². The minimum Gasteiger partial charge on any atom is -0.379 e. The van der Waals surface area contributed by atoms with Crippen LogP contribution >= 0.6 is 0 Å². The molecule has 2 fully saturated rings. The molecule has 2 saturated heterocycles. The molecule has 0 bridgehead atoms. The lowest BCUT2D eigenvalue weighted by molar-refractivity contribution is -0.0177. The number of morpholine rings is 1. The molecule has 0 aliphatic carbocycles. The Bertz CT molecular complexity index is 364. The van der Waals surface area contributed by atoms with Crippen molar-refractivity contribution < 1.29 is 9.53 Å². The van der Waals surface area contributed by atoms with Gasteiger partial charge >= 0.3 is 6.03 Å². The number of ether oxygens (including phenoxy) is 1. The zero-order valence-electron chi connectivity index (χ0n) is 14.5. The number of urea groups is 1. The highest BCUT2D eigenvalue weighted by Gasteiger charge is 2.28. The second kappa shape index (κ2) is 8.13. The average Bonchev–Trinajstić information content (AvgIpc) is 2.92. The smallest absolute Gasteiger partial charge is 0.317 e. The van der Waals surface area contributed by atoms with Gasteiger partial charge in [0.1, 0.15) is 0 Å². The predicted molar refractivity (Wildman–Crippen MR) is 88.1 cm³/mol. The first-order valence-electron chi connectivity index (χ1n) is 8.48. The zero-order valence-corrected chi connectivity index (χ0v) is 14.5. The van der Waals surface area contributed by atoms with Gasteiger partial charge in [-0.1, -0.05) is 0 Å². The van der Waals surface area contributed by atoms with Crippen molar-refractivity contribution in [3.8, 4) is 0 Å². The molecule has 0 aromatic heterocycles. The molecule has 0 saturated carbocycles. The van der Waals surface area contributed by atoms with E-state index in [1.54, 1.807) is 0 Å². The normalized spacial score (nSPS) is 28.1. The third-order valence-corrected chi connectivity index (χ3v) is 4.73.